The highest BCUT2D eigenvalue weighted by atomic mass is 19.1. The summed E-state index contributed by atoms with van der Waals surface area (Å²) in [5.41, 5.74) is 6.32. The van der Waals surface area contributed by atoms with E-state index in [1.54, 1.807) is 6.07 Å². The van der Waals surface area contributed by atoms with E-state index in [9.17, 15) is 4.39 Å². The van der Waals surface area contributed by atoms with E-state index in [2.05, 4.69) is 5.73 Å². The Kier molecular flexibility index (Phi) is 2.42. The van der Waals surface area contributed by atoms with Crippen LogP contribution in [0.2, 0.25) is 0 Å². The summed E-state index contributed by atoms with van der Waals surface area (Å²) in [4.78, 5) is 0. The number of ether oxygens (including phenoxy) is 1. The summed E-state index contributed by atoms with van der Waals surface area (Å²) in [7, 11) is 1.50. The zero-order valence-electron chi connectivity index (χ0n) is 8.35. The topological polar surface area (TPSA) is 36.9 Å². The molecule has 0 heterocycles. The van der Waals surface area contributed by atoms with Crippen molar-refractivity contribution in [3.8, 4) is 5.75 Å². The molecule has 1 aliphatic rings. The van der Waals surface area contributed by atoms with Gasteiger partial charge in [-0.15, -0.1) is 0 Å². The van der Waals surface area contributed by atoms with Crippen LogP contribution in [0.3, 0.4) is 0 Å². The van der Waals surface area contributed by atoms with Crippen molar-refractivity contribution in [1.29, 1.82) is 0 Å². The van der Waals surface area contributed by atoms with Gasteiger partial charge in [0.2, 0.25) is 0 Å². The van der Waals surface area contributed by atoms with E-state index >= 15 is 0 Å². The summed E-state index contributed by atoms with van der Waals surface area (Å²) in [6.07, 6.45) is 2.96. The highest BCUT2D eigenvalue weighted by molar-refractivity contribution is 5.38. The van der Waals surface area contributed by atoms with Gasteiger partial charge in [0.15, 0.2) is 11.6 Å². The molecule has 1 atom stereocenters. The second-order valence-corrected chi connectivity index (χ2v) is 3.86. The second-order valence-electron chi connectivity index (χ2n) is 3.86. The van der Waals surface area contributed by atoms with Crippen molar-refractivity contribution in [1.82, 2.24) is 0 Å². The lowest BCUT2D eigenvalue weighted by molar-refractivity contribution is -0.421. The molecule has 0 aliphatic heterocycles. The van der Waals surface area contributed by atoms with Gasteiger partial charge in [0, 0.05) is 12.8 Å². The molecule has 14 heavy (non-hydrogen) atoms. The fraction of sp³-hybridized carbons (Fsp3) is 0.455. The van der Waals surface area contributed by atoms with Crippen LogP contribution in [-0.2, 0) is 12.8 Å². The number of quaternary nitrogens is 1. The van der Waals surface area contributed by atoms with Crippen molar-refractivity contribution in [3.05, 3.63) is 29.1 Å². The Hall–Kier alpha value is -1.09. The first-order chi connectivity index (χ1) is 6.70. The molecule has 3 heteroatoms. The van der Waals surface area contributed by atoms with E-state index in [0.717, 1.165) is 24.8 Å². The van der Waals surface area contributed by atoms with Gasteiger partial charge in [0.25, 0.3) is 0 Å². The molecule has 1 aromatic rings. The maximum absolute atomic E-state index is 13.4. The first-order valence-electron chi connectivity index (χ1n) is 4.89. The zero-order valence-corrected chi connectivity index (χ0v) is 8.35. The minimum absolute atomic E-state index is 0.264. The first kappa shape index (κ1) is 9.46. The number of hydrogen-bond donors (Lipinski definition) is 1. The molecular formula is C11H15FNO+. The van der Waals surface area contributed by atoms with Gasteiger partial charge >= 0.3 is 0 Å². The lowest BCUT2D eigenvalue weighted by Crippen LogP contribution is -2.62. The minimum Gasteiger partial charge on any atom is -0.494 e. The fourth-order valence-corrected chi connectivity index (χ4v) is 1.99. The zero-order chi connectivity index (χ0) is 10.1. The quantitative estimate of drug-likeness (QED) is 0.713. The molecule has 0 saturated carbocycles. The first-order valence-corrected chi connectivity index (χ1v) is 4.89. The van der Waals surface area contributed by atoms with E-state index in [1.165, 1.54) is 12.7 Å². The van der Waals surface area contributed by atoms with Gasteiger partial charge in [-0.05, 0) is 29.7 Å². The number of methoxy groups -OCH3 is 1. The third-order valence-electron chi connectivity index (χ3n) is 2.80. The Morgan fingerprint density at radius 3 is 2.93 bits per heavy atom. The van der Waals surface area contributed by atoms with E-state index in [-0.39, 0.29) is 5.82 Å². The van der Waals surface area contributed by atoms with Crippen LogP contribution in [0, 0.1) is 5.82 Å². The van der Waals surface area contributed by atoms with Crippen molar-refractivity contribution in [3.63, 3.8) is 0 Å². The Labute approximate surface area is 82.9 Å². The maximum Gasteiger partial charge on any atom is 0.165 e. The maximum atomic E-state index is 13.4. The lowest BCUT2D eigenvalue weighted by atomic mass is 9.88. The van der Waals surface area contributed by atoms with Crippen molar-refractivity contribution in [2.24, 2.45) is 0 Å². The third kappa shape index (κ3) is 1.60. The molecule has 1 unspecified atom stereocenters. The molecule has 0 bridgehead atoms. The Balaban J connectivity index is 2.40. The van der Waals surface area contributed by atoms with Crippen molar-refractivity contribution < 1.29 is 14.9 Å². The molecule has 0 aromatic heterocycles. The summed E-state index contributed by atoms with van der Waals surface area (Å²) < 4.78 is 18.3. The molecule has 2 rings (SSSR count). The van der Waals surface area contributed by atoms with E-state index in [1.807, 2.05) is 6.07 Å². The number of aryl methyl sites for hydroxylation is 1. The van der Waals surface area contributed by atoms with Crippen LogP contribution in [-0.4, -0.2) is 13.2 Å². The molecule has 0 spiro atoms. The average Bonchev–Trinajstić information content (AvgIpc) is 2.16. The molecule has 0 fully saturated rings. The van der Waals surface area contributed by atoms with Crippen LogP contribution < -0.4 is 10.5 Å². The van der Waals surface area contributed by atoms with Gasteiger partial charge in [0.05, 0.1) is 13.2 Å². The number of benzene rings is 1. The molecule has 3 N–H and O–H groups in total. The Bertz CT molecular complexity index is 351. The van der Waals surface area contributed by atoms with Crippen molar-refractivity contribution in [2.75, 3.05) is 7.11 Å². The monoisotopic (exact) mass is 196 g/mol. The van der Waals surface area contributed by atoms with Gasteiger partial charge in [-0.25, -0.2) is 4.39 Å². The van der Waals surface area contributed by atoms with Crippen LogP contribution in [0.15, 0.2) is 12.1 Å². The number of halogens is 1. The van der Waals surface area contributed by atoms with Crippen LogP contribution in [0.1, 0.15) is 17.5 Å². The molecule has 76 valence electrons. The molecule has 1 aliphatic carbocycles. The predicted molar refractivity (Wildman–Crippen MR) is 51.7 cm³/mol. The molecule has 2 nitrogen and oxygen atoms in total. The Morgan fingerprint density at radius 2 is 2.21 bits per heavy atom. The number of fused-ring (bicyclic) bond motifs is 1. The van der Waals surface area contributed by atoms with Gasteiger partial charge in [0.1, 0.15) is 0 Å². The lowest BCUT2D eigenvalue weighted by Gasteiger charge is -2.19. The largest absolute Gasteiger partial charge is 0.494 e. The third-order valence-corrected chi connectivity index (χ3v) is 2.80. The minimum atomic E-state index is -0.264. The van der Waals surface area contributed by atoms with Crippen LogP contribution >= 0.6 is 0 Å². The molecule has 0 radical (unpaired) electrons. The SMILES string of the molecule is COc1cc2c(cc1F)CC([NH3+])CC2. The second kappa shape index (κ2) is 3.58. The summed E-state index contributed by atoms with van der Waals surface area (Å²) in [6.45, 7) is 0. The summed E-state index contributed by atoms with van der Waals surface area (Å²) in [6, 6.07) is 3.83. The van der Waals surface area contributed by atoms with Gasteiger partial charge < -0.3 is 10.5 Å². The summed E-state index contributed by atoms with van der Waals surface area (Å²) in [5, 5.41) is 0. The van der Waals surface area contributed by atoms with Crippen molar-refractivity contribution >= 4 is 0 Å². The molecule has 0 saturated heterocycles. The van der Waals surface area contributed by atoms with E-state index in [4.69, 9.17) is 4.74 Å². The summed E-state index contributed by atoms with van der Waals surface area (Å²) in [5.74, 6) is 0.0895. The molecule has 0 amide bonds. The number of hydrogen-bond acceptors (Lipinski definition) is 1. The average molecular weight is 196 g/mol. The van der Waals surface area contributed by atoms with Gasteiger partial charge in [-0.1, -0.05) is 0 Å². The highest BCUT2D eigenvalue weighted by Crippen LogP contribution is 2.27. The smallest absolute Gasteiger partial charge is 0.165 e. The van der Waals surface area contributed by atoms with Gasteiger partial charge in [-0.3, -0.25) is 0 Å². The van der Waals surface area contributed by atoms with Crippen LogP contribution in [0.4, 0.5) is 4.39 Å². The number of rotatable bonds is 1. The van der Waals surface area contributed by atoms with E-state index in [0.29, 0.717) is 11.8 Å². The van der Waals surface area contributed by atoms with Gasteiger partial charge in [-0.2, -0.15) is 0 Å². The standard InChI is InChI=1S/C11H14FNO/c1-14-11-6-7-2-3-9(13)4-8(7)5-10(11)12/h5-6,9H,2-4,13H2,1H3/p+1. The normalized spacial score (nSPS) is 20.4. The van der Waals surface area contributed by atoms with Crippen LogP contribution in [0.25, 0.3) is 0 Å². The van der Waals surface area contributed by atoms with Crippen molar-refractivity contribution in [2.45, 2.75) is 25.3 Å². The fourth-order valence-electron chi connectivity index (χ4n) is 1.99. The highest BCUT2D eigenvalue weighted by Gasteiger charge is 2.20. The molecule has 1 aromatic carbocycles. The molecular weight excluding hydrogens is 181 g/mol. The Morgan fingerprint density at radius 1 is 1.43 bits per heavy atom. The summed E-state index contributed by atoms with van der Waals surface area (Å²) >= 11 is 0. The van der Waals surface area contributed by atoms with E-state index < -0.39 is 0 Å². The van der Waals surface area contributed by atoms with Crippen LogP contribution in [0.5, 0.6) is 5.75 Å². The predicted octanol–water partition coefficient (Wildman–Crippen LogP) is 0.934.